The van der Waals surface area contributed by atoms with Gasteiger partial charge in [-0.3, -0.25) is 0 Å². The van der Waals surface area contributed by atoms with E-state index in [9.17, 15) is 0 Å². The zero-order chi connectivity index (χ0) is 12.6. The molecule has 111 valence electrons. The maximum atomic E-state index is 8.25. The van der Waals surface area contributed by atoms with E-state index >= 15 is 0 Å². The predicted octanol–water partition coefficient (Wildman–Crippen LogP) is -2.24. The molecule has 1 fully saturated rings. The van der Waals surface area contributed by atoms with Crippen molar-refractivity contribution in [2.45, 2.75) is 38.1 Å². The van der Waals surface area contributed by atoms with Crippen LogP contribution >= 0.6 is 12.2 Å². The smallest absolute Gasteiger partial charge is 1.00 e. The van der Waals surface area contributed by atoms with Crippen molar-refractivity contribution < 1.29 is 34.6 Å². The minimum absolute atomic E-state index is 0. The molecule has 1 saturated carbocycles. The van der Waals surface area contributed by atoms with Crippen LogP contribution in [0.15, 0.2) is 0 Å². The van der Waals surface area contributed by atoms with E-state index in [4.69, 9.17) is 33.4 Å². The first-order valence-corrected chi connectivity index (χ1v) is 5.44. The standard InChI is InChI=1S/C8H17N3S.ClH.Cu.NO3/c1-11(8(12)10-9)7-5-3-2-4-6-7;;;2-1(3)4/h7H,2-6,9H2,1H3,(H,10,12);1H;;/q;;+2;-1/p-1. The van der Waals surface area contributed by atoms with Crippen molar-refractivity contribution >= 4 is 17.3 Å². The first-order valence-electron chi connectivity index (χ1n) is 5.04. The van der Waals surface area contributed by atoms with Crippen molar-refractivity contribution in [3.8, 4) is 0 Å². The van der Waals surface area contributed by atoms with Crippen LogP contribution in [0.2, 0.25) is 0 Å². The Hall–Kier alpha value is -0.341. The Kier molecular flexibility index (Phi) is 16.6. The first-order chi connectivity index (χ1) is 7.49. The van der Waals surface area contributed by atoms with Gasteiger partial charge in [-0.1, -0.05) is 19.3 Å². The number of halogens is 1. The Morgan fingerprint density at radius 1 is 1.39 bits per heavy atom. The molecule has 0 unspecified atom stereocenters. The summed E-state index contributed by atoms with van der Waals surface area (Å²) < 4.78 is 0. The van der Waals surface area contributed by atoms with Gasteiger partial charge in [0.05, 0.1) is 5.09 Å². The third-order valence-electron chi connectivity index (χ3n) is 2.57. The van der Waals surface area contributed by atoms with Gasteiger partial charge in [0.2, 0.25) is 0 Å². The predicted molar refractivity (Wildman–Crippen MR) is 64.9 cm³/mol. The topological polar surface area (TPSA) is 107 Å². The summed E-state index contributed by atoms with van der Waals surface area (Å²) in [6, 6.07) is 0.599. The van der Waals surface area contributed by atoms with Crippen LogP contribution in [-0.4, -0.2) is 28.2 Å². The summed E-state index contributed by atoms with van der Waals surface area (Å²) in [6.45, 7) is 0. The minimum atomic E-state index is -1.75. The third-order valence-corrected chi connectivity index (χ3v) is 2.97. The van der Waals surface area contributed by atoms with E-state index in [1.165, 1.54) is 32.1 Å². The second kappa shape index (κ2) is 13.1. The van der Waals surface area contributed by atoms with E-state index in [-0.39, 0.29) is 29.5 Å². The Morgan fingerprint density at radius 3 is 2.11 bits per heavy atom. The maximum absolute atomic E-state index is 8.25. The molecule has 0 aromatic rings. The van der Waals surface area contributed by atoms with Gasteiger partial charge < -0.3 is 38.1 Å². The molecular weight excluding hydrogens is 331 g/mol. The number of hydrogen-bond donors (Lipinski definition) is 2. The van der Waals surface area contributed by atoms with E-state index < -0.39 is 5.09 Å². The molecule has 0 aliphatic heterocycles. The maximum Gasteiger partial charge on any atom is 2.00 e. The molecule has 1 aliphatic rings. The van der Waals surface area contributed by atoms with Crippen molar-refractivity contribution in [2.75, 3.05) is 7.05 Å². The fourth-order valence-electron chi connectivity index (χ4n) is 1.74. The normalized spacial score (nSPS) is 13.9. The van der Waals surface area contributed by atoms with E-state index in [0.29, 0.717) is 11.2 Å². The van der Waals surface area contributed by atoms with Crippen LogP contribution in [0.1, 0.15) is 32.1 Å². The number of nitrogens with one attached hydrogen (secondary N) is 1. The average Bonchev–Trinajstić information content (AvgIpc) is 2.27. The number of rotatable bonds is 1. The van der Waals surface area contributed by atoms with Crippen LogP contribution < -0.4 is 23.7 Å². The Labute approximate surface area is 128 Å². The molecule has 1 aliphatic carbocycles. The molecule has 0 bridgehead atoms. The van der Waals surface area contributed by atoms with Gasteiger partial charge in [0.1, 0.15) is 0 Å². The van der Waals surface area contributed by atoms with Crippen molar-refractivity contribution in [1.29, 1.82) is 0 Å². The van der Waals surface area contributed by atoms with Crippen molar-refractivity contribution in [3.63, 3.8) is 0 Å². The van der Waals surface area contributed by atoms with Gasteiger partial charge in [0, 0.05) is 13.1 Å². The fourth-order valence-corrected chi connectivity index (χ4v) is 1.89. The second-order valence-electron chi connectivity index (χ2n) is 3.58. The summed E-state index contributed by atoms with van der Waals surface area (Å²) >= 11 is 5.05. The molecule has 1 radical (unpaired) electrons. The van der Waals surface area contributed by atoms with E-state index in [0.717, 1.165) is 0 Å². The summed E-state index contributed by atoms with van der Waals surface area (Å²) in [5, 5.41) is 15.4. The van der Waals surface area contributed by atoms with Gasteiger partial charge in [-0.2, -0.15) is 0 Å². The molecule has 0 aromatic carbocycles. The zero-order valence-electron chi connectivity index (χ0n) is 9.90. The Balaban J connectivity index is -0.000000332. The Bertz CT molecular complexity index is 240. The molecule has 10 heteroatoms. The quantitative estimate of drug-likeness (QED) is 0.181. The summed E-state index contributed by atoms with van der Waals surface area (Å²) in [6.07, 6.45) is 6.51. The average molecular weight is 348 g/mol. The van der Waals surface area contributed by atoms with Gasteiger partial charge in [-0.25, -0.2) is 5.84 Å². The molecule has 3 N–H and O–H groups in total. The molecule has 0 aromatic heterocycles. The Morgan fingerprint density at radius 2 is 1.78 bits per heavy atom. The number of hydrogen-bond acceptors (Lipinski definition) is 5. The number of hydrazine groups is 1. The molecule has 0 atom stereocenters. The molecule has 0 heterocycles. The van der Waals surface area contributed by atoms with Gasteiger partial charge in [-0.15, -0.1) is 0 Å². The van der Waals surface area contributed by atoms with Crippen LogP contribution in [0.4, 0.5) is 0 Å². The van der Waals surface area contributed by atoms with E-state index in [1.54, 1.807) is 0 Å². The van der Waals surface area contributed by atoms with E-state index in [1.807, 2.05) is 7.05 Å². The molecule has 1 rings (SSSR count). The molecule has 18 heavy (non-hydrogen) atoms. The number of nitrogens with two attached hydrogens (primary N) is 1. The van der Waals surface area contributed by atoms with Crippen molar-refractivity contribution in [3.05, 3.63) is 15.3 Å². The minimum Gasteiger partial charge on any atom is -1.00 e. The van der Waals surface area contributed by atoms with Crippen molar-refractivity contribution in [2.24, 2.45) is 5.84 Å². The summed E-state index contributed by atoms with van der Waals surface area (Å²) in [4.78, 5) is 10.3. The van der Waals surface area contributed by atoms with Crippen LogP contribution in [0.5, 0.6) is 0 Å². The van der Waals surface area contributed by atoms with Gasteiger partial charge in [0.15, 0.2) is 5.11 Å². The largest absolute Gasteiger partial charge is 2.00 e. The van der Waals surface area contributed by atoms with Crippen LogP contribution in [-0.2, 0) is 17.1 Å². The SMILES string of the molecule is CN(C(=S)NN)C1CCCCC1.O=[N+]([O-])[O-].[Cl-].[Cu+2]. The third kappa shape index (κ3) is 10.8. The summed E-state index contributed by atoms with van der Waals surface area (Å²) in [5.74, 6) is 5.25. The number of thiocarbonyl (C=S) groups is 1. The van der Waals surface area contributed by atoms with Gasteiger partial charge >= 0.3 is 17.1 Å². The zero-order valence-corrected chi connectivity index (χ0v) is 12.4. The van der Waals surface area contributed by atoms with Crippen molar-refractivity contribution in [1.82, 2.24) is 10.3 Å². The number of nitrogens with zero attached hydrogens (tertiary/aromatic N) is 2. The first kappa shape index (κ1) is 22.8. The summed E-state index contributed by atoms with van der Waals surface area (Å²) in [5.41, 5.74) is 2.52. The molecule has 0 amide bonds. The van der Waals surface area contributed by atoms with E-state index in [2.05, 4.69) is 10.3 Å². The molecule has 0 saturated heterocycles. The molecular formula is C8H17ClCuN4O3S. The fraction of sp³-hybridized carbons (Fsp3) is 0.875. The molecule has 0 spiro atoms. The van der Waals surface area contributed by atoms with Gasteiger partial charge in [-0.05, 0) is 25.1 Å². The van der Waals surface area contributed by atoms with Crippen LogP contribution in [0.3, 0.4) is 0 Å². The van der Waals surface area contributed by atoms with Gasteiger partial charge in [0.25, 0.3) is 0 Å². The molecule has 7 nitrogen and oxygen atoms in total. The van der Waals surface area contributed by atoms with Crippen LogP contribution in [0.25, 0.3) is 0 Å². The summed E-state index contributed by atoms with van der Waals surface area (Å²) in [7, 11) is 2.01. The van der Waals surface area contributed by atoms with Crippen LogP contribution in [0, 0.1) is 15.3 Å². The second-order valence-corrected chi connectivity index (χ2v) is 3.96. The monoisotopic (exact) mass is 347 g/mol.